The summed E-state index contributed by atoms with van der Waals surface area (Å²) in [5, 5.41) is 2.95. The van der Waals surface area contributed by atoms with E-state index in [1.807, 2.05) is 41.5 Å². The summed E-state index contributed by atoms with van der Waals surface area (Å²) in [5.74, 6) is 2.00. The van der Waals surface area contributed by atoms with Gasteiger partial charge in [0.15, 0.2) is 0 Å². The van der Waals surface area contributed by atoms with E-state index < -0.39 is 8.80 Å². The van der Waals surface area contributed by atoms with Gasteiger partial charge in [-0.1, -0.05) is 6.92 Å². The van der Waals surface area contributed by atoms with Gasteiger partial charge in [-0.05, 0) is 46.8 Å². The third-order valence-electron chi connectivity index (χ3n) is 3.11. The first-order chi connectivity index (χ1) is 10.9. The number of carbonyl (C=O) groups is 1. The molecule has 0 bridgehead atoms. The number of thioether (sulfide) groups is 1. The molecule has 138 valence electrons. The first-order valence-corrected chi connectivity index (χ1v) is 11.8. The highest BCUT2D eigenvalue weighted by Gasteiger charge is 2.39. The molecule has 0 aliphatic heterocycles. The molecule has 0 radical (unpaired) electrons. The second-order valence-corrected chi connectivity index (χ2v) is 9.61. The van der Waals surface area contributed by atoms with E-state index in [4.69, 9.17) is 13.3 Å². The van der Waals surface area contributed by atoms with Gasteiger partial charge in [-0.25, -0.2) is 0 Å². The van der Waals surface area contributed by atoms with Crippen molar-refractivity contribution in [3.8, 4) is 0 Å². The Labute approximate surface area is 147 Å². The third kappa shape index (κ3) is 10.4. The van der Waals surface area contributed by atoms with Crippen molar-refractivity contribution in [2.75, 3.05) is 31.3 Å². The number of hydrogen-bond donors (Lipinski definition) is 1. The molecule has 0 aliphatic rings. The second kappa shape index (κ2) is 13.2. The second-order valence-electron chi connectivity index (χ2n) is 5.72. The maximum Gasteiger partial charge on any atom is 0.500 e. The van der Waals surface area contributed by atoms with E-state index in [0.29, 0.717) is 19.8 Å². The van der Waals surface area contributed by atoms with Gasteiger partial charge < -0.3 is 18.6 Å². The van der Waals surface area contributed by atoms with E-state index in [-0.39, 0.29) is 17.9 Å². The predicted molar refractivity (Wildman–Crippen MR) is 99.8 cm³/mol. The highest BCUT2D eigenvalue weighted by molar-refractivity contribution is 7.99. The van der Waals surface area contributed by atoms with Crippen LogP contribution in [0.4, 0.5) is 0 Å². The molecule has 1 N–H and O–H groups in total. The minimum Gasteiger partial charge on any atom is -0.374 e. The standard InChI is InChI=1S/C16H35NO4SSi/c1-7-19-23(20-8-2,21-9-3)12-10-11-22-13-15(6)16(18)17-14(4)5/h14-15H,7-13H2,1-6H3,(H,17,18). The smallest absolute Gasteiger partial charge is 0.374 e. The molecule has 0 rings (SSSR count). The molecule has 0 aliphatic carbocycles. The summed E-state index contributed by atoms with van der Waals surface area (Å²) in [7, 11) is -2.51. The average Bonchev–Trinajstić information content (AvgIpc) is 2.46. The topological polar surface area (TPSA) is 56.8 Å². The molecular weight excluding hydrogens is 330 g/mol. The summed E-state index contributed by atoms with van der Waals surface area (Å²) in [6.07, 6.45) is 0.982. The molecular formula is C16H35NO4SSi. The van der Waals surface area contributed by atoms with E-state index in [2.05, 4.69) is 5.32 Å². The summed E-state index contributed by atoms with van der Waals surface area (Å²) in [6, 6.07) is 1.03. The Morgan fingerprint density at radius 2 is 1.57 bits per heavy atom. The molecule has 0 heterocycles. The van der Waals surface area contributed by atoms with E-state index in [1.165, 1.54) is 0 Å². The molecule has 1 atom stereocenters. The zero-order valence-electron chi connectivity index (χ0n) is 15.6. The number of nitrogens with one attached hydrogen (secondary N) is 1. The fourth-order valence-electron chi connectivity index (χ4n) is 2.15. The van der Waals surface area contributed by atoms with Crippen molar-refractivity contribution in [3.05, 3.63) is 0 Å². The fraction of sp³-hybridized carbons (Fsp3) is 0.938. The van der Waals surface area contributed by atoms with Gasteiger partial charge in [0.25, 0.3) is 0 Å². The molecule has 0 aromatic rings. The maximum atomic E-state index is 11.9. The van der Waals surface area contributed by atoms with Gasteiger partial charge in [0, 0.05) is 43.6 Å². The van der Waals surface area contributed by atoms with E-state index >= 15 is 0 Å². The van der Waals surface area contributed by atoms with E-state index in [0.717, 1.165) is 24.0 Å². The summed E-state index contributed by atoms with van der Waals surface area (Å²) < 4.78 is 17.5. The van der Waals surface area contributed by atoms with E-state index in [1.54, 1.807) is 11.8 Å². The van der Waals surface area contributed by atoms with Crippen LogP contribution >= 0.6 is 11.8 Å². The minimum absolute atomic E-state index is 0.0371. The zero-order valence-corrected chi connectivity index (χ0v) is 17.5. The van der Waals surface area contributed by atoms with Crippen LogP contribution in [0, 0.1) is 5.92 Å². The third-order valence-corrected chi connectivity index (χ3v) is 7.58. The molecule has 0 aromatic heterocycles. The van der Waals surface area contributed by atoms with Gasteiger partial charge in [-0.15, -0.1) is 0 Å². The molecule has 7 heteroatoms. The van der Waals surface area contributed by atoms with Crippen molar-refractivity contribution in [1.82, 2.24) is 5.32 Å². The number of rotatable bonds is 14. The molecule has 0 fully saturated rings. The molecule has 1 unspecified atom stereocenters. The van der Waals surface area contributed by atoms with Crippen molar-refractivity contribution in [2.45, 2.75) is 60.0 Å². The van der Waals surface area contributed by atoms with E-state index in [9.17, 15) is 4.79 Å². The van der Waals surface area contributed by atoms with Crippen LogP contribution in [0.3, 0.4) is 0 Å². The molecule has 23 heavy (non-hydrogen) atoms. The highest BCUT2D eigenvalue weighted by Crippen LogP contribution is 2.20. The van der Waals surface area contributed by atoms with Crippen LogP contribution in [0.15, 0.2) is 0 Å². The van der Waals surface area contributed by atoms with Gasteiger partial charge in [0.2, 0.25) is 5.91 Å². The first-order valence-electron chi connectivity index (χ1n) is 8.70. The number of amides is 1. The van der Waals surface area contributed by atoms with Crippen LogP contribution < -0.4 is 5.32 Å². The first kappa shape index (κ1) is 22.9. The van der Waals surface area contributed by atoms with Crippen LogP contribution in [-0.2, 0) is 18.1 Å². The maximum absolute atomic E-state index is 11.9. The summed E-state index contributed by atoms with van der Waals surface area (Å²) in [6.45, 7) is 13.7. The minimum atomic E-state index is -2.51. The van der Waals surface area contributed by atoms with Gasteiger partial charge in [0.05, 0.1) is 0 Å². The Bertz CT molecular complexity index is 301. The summed E-state index contributed by atoms with van der Waals surface area (Å²) in [5.41, 5.74) is 0. The lowest BCUT2D eigenvalue weighted by atomic mass is 10.2. The molecule has 0 aromatic carbocycles. The van der Waals surface area contributed by atoms with Crippen LogP contribution in [0.25, 0.3) is 0 Å². The Morgan fingerprint density at radius 1 is 1.04 bits per heavy atom. The Morgan fingerprint density at radius 3 is 2.00 bits per heavy atom. The lowest BCUT2D eigenvalue weighted by Gasteiger charge is -2.28. The molecule has 0 saturated carbocycles. The quantitative estimate of drug-likeness (QED) is 0.378. The molecule has 0 spiro atoms. The van der Waals surface area contributed by atoms with Crippen LogP contribution in [-0.4, -0.2) is 52.1 Å². The lowest BCUT2D eigenvalue weighted by Crippen LogP contribution is -2.46. The zero-order chi connectivity index (χ0) is 17.7. The van der Waals surface area contributed by atoms with Gasteiger partial charge >= 0.3 is 8.80 Å². The fourth-order valence-corrected chi connectivity index (χ4v) is 6.04. The van der Waals surface area contributed by atoms with Crippen molar-refractivity contribution >= 4 is 26.5 Å². The number of carbonyl (C=O) groups excluding carboxylic acids is 1. The summed E-state index contributed by atoms with van der Waals surface area (Å²) >= 11 is 1.81. The van der Waals surface area contributed by atoms with Gasteiger partial charge in [-0.2, -0.15) is 11.8 Å². The lowest BCUT2D eigenvalue weighted by molar-refractivity contribution is -0.124. The largest absolute Gasteiger partial charge is 0.500 e. The van der Waals surface area contributed by atoms with Crippen LogP contribution in [0.1, 0.15) is 48.0 Å². The normalized spacial score (nSPS) is 13.3. The van der Waals surface area contributed by atoms with Crippen molar-refractivity contribution in [2.24, 2.45) is 5.92 Å². The Hall–Kier alpha value is -0.0831. The molecule has 0 saturated heterocycles. The monoisotopic (exact) mass is 365 g/mol. The molecule has 1 amide bonds. The Balaban J connectivity index is 4.12. The van der Waals surface area contributed by atoms with Gasteiger partial charge in [-0.3, -0.25) is 4.79 Å². The van der Waals surface area contributed by atoms with Crippen molar-refractivity contribution in [1.29, 1.82) is 0 Å². The molecule has 5 nitrogen and oxygen atoms in total. The SMILES string of the molecule is CCO[Si](CCCSCC(C)C(=O)NC(C)C)(OCC)OCC. The Kier molecular flexibility index (Phi) is 13.2. The highest BCUT2D eigenvalue weighted by atomic mass is 32.2. The van der Waals surface area contributed by atoms with Crippen LogP contribution in [0.5, 0.6) is 0 Å². The van der Waals surface area contributed by atoms with Gasteiger partial charge in [0.1, 0.15) is 0 Å². The van der Waals surface area contributed by atoms with Crippen molar-refractivity contribution < 1.29 is 18.1 Å². The summed E-state index contributed by atoms with van der Waals surface area (Å²) in [4.78, 5) is 11.9. The predicted octanol–water partition coefficient (Wildman–Crippen LogP) is 3.32. The average molecular weight is 366 g/mol. The van der Waals surface area contributed by atoms with Crippen molar-refractivity contribution in [3.63, 3.8) is 0 Å². The number of hydrogen-bond acceptors (Lipinski definition) is 5. The van der Waals surface area contributed by atoms with Crippen LogP contribution in [0.2, 0.25) is 6.04 Å².